The SMILES string of the molecule is CCCCN(C)CCNC(=O)[C@H]1c2ccccc2C(=O)N2CCc3cc(OC)c(OC)cc3[C@H]12. The van der Waals surface area contributed by atoms with Gasteiger partial charge in [-0.1, -0.05) is 31.5 Å². The first-order valence-corrected chi connectivity index (χ1v) is 12.1. The zero-order valence-electron chi connectivity index (χ0n) is 20.6. The van der Waals surface area contributed by atoms with Crippen LogP contribution in [-0.4, -0.2) is 69.1 Å². The summed E-state index contributed by atoms with van der Waals surface area (Å²) in [4.78, 5) is 31.2. The molecule has 2 amide bonds. The van der Waals surface area contributed by atoms with E-state index in [0.717, 1.165) is 42.6 Å². The normalized spacial score (nSPS) is 18.7. The minimum Gasteiger partial charge on any atom is -0.493 e. The largest absolute Gasteiger partial charge is 0.493 e. The molecule has 0 fully saturated rings. The van der Waals surface area contributed by atoms with E-state index in [1.54, 1.807) is 14.2 Å². The summed E-state index contributed by atoms with van der Waals surface area (Å²) in [6.45, 7) is 5.10. The highest BCUT2D eigenvalue weighted by molar-refractivity contribution is 6.01. The van der Waals surface area contributed by atoms with Crippen molar-refractivity contribution in [1.82, 2.24) is 15.1 Å². The van der Waals surface area contributed by atoms with E-state index in [2.05, 4.69) is 24.2 Å². The molecule has 7 heteroatoms. The molecule has 0 unspecified atom stereocenters. The van der Waals surface area contributed by atoms with Crippen molar-refractivity contribution < 1.29 is 19.1 Å². The Morgan fingerprint density at radius 3 is 2.59 bits per heavy atom. The molecular weight excluding hydrogens is 430 g/mol. The maximum Gasteiger partial charge on any atom is 0.254 e. The van der Waals surface area contributed by atoms with Gasteiger partial charge < -0.3 is 24.6 Å². The van der Waals surface area contributed by atoms with E-state index < -0.39 is 5.92 Å². The second kappa shape index (κ2) is 10.5. The van der Waals surface area contributed by atoms with Gasteiger partial charge in [-0.2, -0.15) is 0 Å². The number of amides is 2. The van der Waals surface area contributed by atoms with Gasteiger partial charge in [0, 0.05) is 25.2 Å². The summed E-state index contributed by atoms with van der Waals surface area (Å²) in [6, 6.07) is 11.0. The first-order chi connectivity index (χ1) is 16.5. The number of hydrogen-bond donors (Lipinski definition) is 1. The number of benzene rings is 2. The van der Waals surface area contributed by atoms with Crippen LogP contribution in [0.5, 0.6) is 11.5 Å². The first kappa shape index (κ1) is 24.1. The van der Waals surface area contributed by atoms with Crippen LogP contribution in [0.2, 0.25) is 0 Å². The Hall–Kier alpha value is -3.06. The third-order valence-electron chi connectivity index (χ3n) is 6.99. The molecule has 182 valence electrons. The van der Waals surface area contributed by atoms with Gasteiger partial charge in [-0.05, 0) is 61.3 Å². The van der Waals surface area contributed by atoms with E-state index in [1.165, 1.54) is 0 Å². The Balaban J connectivity index is 1.69. The number of carbonyl (C=O) groups is 2. The highest BCUT2D eigenvalue weighted by atomic mass is 16.5. The molecule has 34 heavy (non-hydrogen) atoms. The molecule has 2 atom stereocenters. The lowest BCUT2D eigenvalue weighted by Gasteiger charge is -2.45. The highest BCUT2D eigenvalue weighted by Crippen LogP contribution is 2.48. The Bertz CT molecular complexity index is 1050. The van der Waals surface area contributed by atoms with Gasteiger partial charge in [0.15, 0.2) is 11.5 Å². The summed E-state index contributed by atoms with van der Waals surface area (Å²) in [5.41, 5.74) is 3.44. The Kier molecular flexibility index (Phi) is 7.41. The van der Waals surface area contributed by atoms with Crippen LogP contribution in [0.4, 0.5) is 0 Å². The third kappa shape index (κ3) is 4.49. The predicted molar refractivity (Wildman–Crippen MR) is 132 cm³/mol. The minimum absolute atomic E-state index is 0.0237. The Morgan fingerprint density at radius 2 is 1.85 bits per heavy atom. The summed E-state index contributed by atoms with van der Waals surface area (Å²) in [5, 5.41) is 3.16. The van der Waals surface area contributed by atoms with Crippen molar-refractivity contribution in [3.8, 4) is 11.5 Å². The third-order valence-corrected chi connectivity index (χ3v) is 6.99. The summed E-state index contributed by atoms with van der Waals surface area (Å²) in [5.74, 6) is 0.692. The fourth-order valence-corrected chi connectivity index (χ4v) is 5.16. The number of nitrogens with zero attached hydrogens (tertiary/aromatic N) is 2. The minimum atomic E-state index is -0.494. The van der Waals surface area contributed by atoms with Gasteiger partial charge in [-0.15, -0.1) is 0 Å². The van der Waals surface area contributed by atoms with E-state index >= 15 is 0 Å². The predicted octanol–water partition coefficient (Wildman–Crippen LogP) is 3.39. The lowest BCUT2D eigenvalue weighted by molar-refractivity contribution is -0.124. The molecule has 2 aromatic rings. The summed E-state index contributed by atoms with van der Waals surface area (Å²) >= 11 is 0. The van der Waals surface area contributed by atoms with Crippen LogP contribution in [-0.2, 0) is 11.2 Å². The number of likely N-dealkylation sites (N-methyl/N-ethyl adjacent to an activating group) is 1. The van der Waals surface area contributed by atoms with Crippen molar-refractivity contribution in [3.05, 3.63) is 58.7 Å². The molecule has 0 aliphatic carbocycles. The number of rotatable bonds is 9. The quantitative estimate of drug-likeness (QED) is 0.615. The molecule has 1 N–H and O–H groups in total. The zero-order chi connectivity index (χ0) is 24.2. The van der Waals surface area contributed by atoms with Crippen molar-refractivity contribution >= 4 is 11.8 Å². The van der Waals surface area contributed by atoms with Crippen LogP contribution in [0.3, 0.4) is 0 Å². The van der Waals surface area contributed by atoms with Gasteiger partial charge in [-0.3, -0.25) is 9.59 Å². The topological polar surface area (TPSA) is 71.1 Å². The number of ether oxygens (including phenoxy) is 2. The fraction of sp³-hybridized carbons (Fsp3) is 0.481. The molecule has 0 bridgehead atoms. The van der Waals surface area contributed by atoms with Gasteiger partial charge in [0.25, 0.3) is 5.91 Å². The number of methoxy groups -OCH3 is 2. The number of fused-ring (bicyclic) bond motifs is 4. The van der Waals surface area contributed by atoms with Crippen LogP contribution < -0.4 is 14.8 Å². The second-order valence-corrected chi connectivity index (χ2v) is 9.11. The lowest BCUT2D eigenvalue weighted by atomic mass is 9.75. The van der Waals surface area contributed by atoms with Gasteiger partial charge in [0.2, 0.25) is 5.91 Å². The van der Waals surface area contributed by atoms with Crippen molar-refractivity contribution in [2.24, 2.45) is 0 Å². The van der Waals surface area contributed by atoms with Gasteiger partial charge >= 0.3 is 0 Å². The smallest absolute Gasteiger partial charge is 0.254 e. The maximum absolute atomic E-state index is 13.7. The van der Waals surface area contributed by atoms with E-state index in [4.69, 9.17) is 9.47 Å². The van der Waals surface area contributed by atoms with Crippen molar-refractivity contribution in [2.75, 3.05) is 47.4 Å². The number of unbranched alkanes of at least 4 members (excludes halogenated alkanes) is 1. The molecule has 0 saturated heterocycles. The average molecular weight is 466 g/mol. The Labute approximate surface area is 202 Å². The number of nitrogens with one attached hydrogen (secondary N) is 1. The molecule has 4 rings (SSSR count). The van der Waals surface area contributed by atoms with Crippen LogP contribution in [0.15, 0.2) is 36.4 Å². The van der Waals surface area contributed by atoms with Crippen LogP contribution >= 0.6 is 0 Å². The molecule has 0 radical (unpaired) electrons. The summed E-state index contributed by atoms with van der Waals surface area (Å²) < 4.78 is 11.1. The van der Waals surface area contributed by atoms with Gasteiger partial charge in [-0.25, -0.2) is 0 Å². The molecule has 2 aliphatic heterocycles. The van der Waals surface area contributed by atoms with Crippen molar-refractivity contribution in [2.45, 2.75) is 38.1 Å². The van der Waals surface area contributed by atoms with Gasteiger partial charge in [0.1, 0.15) is 0 Å². The van der Waals surface area contributed by atoms with E-state index in [0.29, 0.717) is 36.6 Å². The van der Waals surface area contributed by atoms with Crippen LogP contribution in [0, 0.1) is 0 Å². The molecule has 2 heterocycles. The highest BCUT2D eigenvalue weighted by Gasteiger charge is 2.46. The molecule has 0 spiro atoms. The molecule has 7 nitrogen and oxygen atoms in total. The van der Waals surface area contributed by atoms with E-state index in [1.807, 2.05) is 41.3 Å². The van der Waals surface area contributed by atoms with Crippen molar-refractivity contribution in [1.29, 1.82) is 0 Å². The average Bonchev–Trinajstić information content (AvgIpc) is 2.86. The summed E-state index contributed by atoms with van der Waals surface area (Å²) in [7, 11) is 5.30. The van der Waals surface area contributed by atoms with E-state index in [-0.39, 0.29) is 17.9 Å². The van der Waals surface area contributed by atoms with Crippen LogP contribution in [0.1, 0.15) is 58.8 Å². The first-order valence-electron chi connectivity index (χ1n) is 12.1. The lowest BCUT2D eigenvalue weighted by Crippen LogP contribution is -2.50. The summed E-state index contributed by atoms with van der Waals surface area (Å²) in [6.07, 6.45) is 2.99. The molecule has 2 aromatic carbocycles. The molecule has 2 aliphatic rings. The monoisotopic (exact) mass is 465 g/mol. The number of hydrogen-bond acceptors (Lipinski definition) is 5. The zero-order valence-corrected chi connectivity index (χ0v) is 20.6. The fourth-order valence-electron chi connectivity index (χ4n) is 5.16. The Morgan fingerprint density at radius 1 is 1.12 bits per heavy atom. The van der Waals surface area contributed by atoms with E-state index in [9.17, 15) is 9.59 Å². The van der Waals surface area contributed by atoms with Crippen LogP contribution in [0.25, 0.3) is 0 Å². The van der Waals surface area contributed by atoms with Gasteiger partial charge in [0.05, 0.1) is 26.2 Å². The second-order valence-electron chi connectivity index (χ2n) is 9.11. The molecular formula is C27H35N3O4. The number of carbonyl (C=O) groups excluding carboxylic acids is 2. The standard InChI is InChI=1S/C27H35N3O4/c1-5-6-13-29(2)15-12-28-26(31)24-19-9-7-8-10-20(19)27(32)30-14-11-18-16-22(33-3)23(34-4)17-21(18)25(24)30/h7-10,16-17,24-25H,5-6,11-15H2,1-4H3,(H,28,31)/t24-,25+/m0/s1. The van der Waals surface area contributed by atoms with Crippen molar-refractivity contribution in [3.63, 3.8) is 0 Å². The molecule has 0 saturated carbocycles. The molecule has 0 aromatic heterocycles. The maximum atomic E-state index is 13.7.